The van der Waals surface area contributed by atoms with Gasteiger partial charge in [0.2, 0.25) is 0 Å². The van der Waals surface area contributed by atoms with Crippen LogP contribution in [0.15, 0.2) is 20.6 Å². The molecule has 0 aliphatic carbocycles. The largest absolute Gasteiger partial charge is 0.361 e. The minimum absolute atomic E-state index is 0.249. The van der Waals surface area contributed by atoms with Crippen LogP contribution in [0.2, 0.25) is 0 Å². The van der Waals surface area contributed by atoms with E-state index in [4.69, 9.17) is 4.52 Å². The summed E-state index contributed by atoms with van der Waals surface area (Å²) in [4.78, 5) is 15.5. The predicted octanol–water partition coefficient (Wildman–Crippen LogP) is 2.45. The summed E-state index contributed by atoms with van der Waals surface area (Å²) in [5.74, 6) is 0.272. The van der Waals surface area contributed by atoms with Gasteiger partial charge in [0.15, 0.2) is 10.8 Å². The van der Waals surface area contributed by atoms with Crippen LogP contribution in [0.1, 0.15) is 16.2 Å². The number of thiazole rings is 1. The third-order valence-corrected chi connectivity index (χ3v) is 2.95. The fraction of sp³-hybridized carbons (Fsp3) is 0.125. The molecule has 0 saturated heterocycles. The van der Waals surface area contributed by atoms with Crippen LogP contribution in [-0.4, -0.2) is 16.0 Å². The Bertz CT molecular complexity index is 494. The van der Waals surface area contributed by atoms with Gasteiger partial charge in [-0.2, -0.15) is 0 Å². The van der Waals surface area contributed by atoms with Crippen LogP contribution in [0.4, 0.5) is 5.13 Å². The maximum Gasteiger partial charge on any atom is 0.279 e. The van der Waals surface area contributed by atoms with Gasteiger partial charge in [-0.15, -0.1) is 0 Å². The van der Waals surface area contributed by atoms with Gasteiger partial charge in [-0.05, 0) is 22.9 Å². The standard InChI is InChI=1S/C8H6BrN3O2S/c1-4-2-5(12-14-4)7(13)11-8-10-3-6(9)15-8/h2-3H,1H3,(H,10,11,13). The summed E-state index contributed by atoms with van der Waals surface area (Å²) in [5.41, 5.74) is 0.249. The molecule has 0 aromatic carbocycles. The lowest BCUT2D eigenvalue weighted by Gasteiger charge is -1.95. The number of nitrogens with one attached hydrogen (secondary N) is 1. The molecule has 0 radical (unpaired) electrons. The van der Waals surface area contributed by atoms with Gasteiger partial charge >= 0.3 is 0 Å². The highest BCUT2D eigenvalue weighted by Gasteiger charge is 2.12. The van der Waals surface area contributed by atoms with Gasteiger partial charge in [0, 0.05) is 6.07 Å². The summed E-state index contributed by atoms with van der Waals surface area (Å²) >= 11 is 4.59. The van der Waals surface area contributed by atoms with E-state index in [1.807, 2.05) is 0 Å². The van der Waals surface area contributed by atoms with E-state index in [1.165, 1.54) is 11.3 Å². The summed E-state index contributed by atoms with van der Waals surface area (Å²) in [7, 11) is 0. The Labute approximate surface area is 97.6 Å². The molecule has 2 aromatic heterocycles. The highest BCUT2D eigenvalue weighted by Crippen LogP contribution is 2.23. The van der Waals surface area contributed by atoms with Crippen LogP contribution in [0.3, 0.4) is 0 Å². The molecule has 2 heterocycles. The van der Waals surface area contributed by atoms with Crippen molar-refractivity contribution in [2.75, 3.05) is 5.32 Å². The highest BCUT2D eigenvalue weighted by molar-refractivity contribution is 9.11. The zero-order valence-electron chi connectivity index (χ0n) is 7.65. The van der Waals surface area contributed by atoms with Gasteiger partial charge in [0.05, 0.1) is 9.98 Å². The molecule has 78 valence electrons. The topological polar surface area (TPSA) is 68.0 Å². The van der Waals surface area contributed by atoms with Crippen LogP contribution < -0.4 is 5.32 Å². The van der Waals surface area contributed by atoms with Crippen molar-refractivity contribution in [3.05, 3.63) is 27.5 Å². The number of aromatic nitrogens is 2. The highest BCUT2D eigenvalue weighted by atomic mass is 79.9. The SMILES string of the molecule is Cc1cc(C(=O)Nc2ncc(Br)s2)no1. The van der Waals surface area contributed by atoms with Gasteiger partial charge in [0.25, 0.3) is 5.91 Å². The Balaban J connectivity index is 2.10. The van der Waals surface area contributed by atoms with E-state index in [-0.39, 0.29) is 11.6 Å². The van der Waals surface area contributed by atoms with E-state index in [0.717, 1.165) is 3.79 Å². The minimum Gasteiger partial charge on any atom is -0.361 e. The maximum absolute atomic E-state index is 11.6. The molecule has 0 aliphatic heterocycles. The first-order valence-corrected chi connectivity index (χ1v) is 5.62. The zero-order chi connectivity index (χ0) is 10.8. The summed E-state index contributed by atoms with van der Waals surface area (Å²) in [6.07, 6.45) is 1.62. The number of nitrogens with zero attached hydrogens (tertiary/aromatic N) is 2. The predicted molar refractivity (Wildman–Crippen MR) is 59.0 cm³/mol. The third kappa shape index (κ3) is 2.42. The van der Waals surface area contributed by atoms with Crippen molar-refractivity contribution in [3.8, 4) is 0 Å². The molecule has 0 bridgehead atoms. The lowest BCUT2D eigenvalue weighted by Crippen LogP contribution is -2.11. The van der Waals surface area contributed by atoms with E-state index >= 15 is 0 Å². The molecule has 1 amide bonds. The quantitative estimate of drug-likeness (QED) is 0.921. The molecular formula is C8H6BrN3O2S. The molecule has 0 saturated carbocycles. The number of halogens is 1. The zero-order valence-corrected chi connectivity index (χ0v) is 10.1. The fourth-order valence-corrected chi connectivity index (χ4v) is 2.05. The Kier molecular flexibility index (Phi) is 2.83. The van der Waals surface area contributed by atoms with Gasteiger partial charge in [-0.25, -0.2) is 4.98 Å². The van der Waals surface area contributed by atoms with Crippen LogP contribution in [0, 0.1) is 6.92 Å². The molecule has 2 rings (SSSR count). The first-order chi connectivity index (χ1) is 7.15. The van der Waals surface area contributed by atoms with Crippen molar-refractivity contribution in [1.82, 2.24) is 10.1 Å². The van der Waals surface area contributed by atoms with Crippen molar-refractivity contribution in [2.24, 2.45) is 0 Å². The molecule has 2 aromatic rings. The van der Waals surface area contributed by atoms with Crippen LogP contribution in [-0.2, 0) is 0 Å². The van der Waals surface area contributed by atoms with Crippen molar-refractivity contribution >= 4 is 38.3 Å². The number of hydrogen-bond donors (Lipinski definition) is 1. The lowest BCUT2D eigenvalue weighted by atomic mass is 10.4. The minimum atomic E-state index is -0.325. The summed E-state index contributed by atoms with van der Waals surface area (Å²) in [6, 6.07) is 1.57. The second-order valence-corrected chi connectivity index (χ2v) is 5.16. The lowest BCUT2D eigenvalue weighted by molar-refractivity contribution is 0.101. The van der Waals surface area contributed by atoms with E-state index in [0.29, 0.717) is 10.9 Å². The van der Waals surface area contributed by atoms with Crippen molar-refractivity contribution in [2.45, 2.75) is 6.92 Å². The molecule has 0 unspecified atom stereocenters. The number of carbonyl (C=O) groups excluding carboxylic acids is 1. The van der Waals surface area contributed by atoms with E-state index in [9.17, 15) is 4.79 Å². The molecule has 0 fully saturated rings. The van der Waals surface area contributed by atoms with Crippen LogP contribution >= 0.6 is 27.3 Å². The first kappa shape index (κ1) is 10.3. The molecule has 7 heteroatoms. The number of amides is 1. The van der Waals surface area contributed by atoms with Crippen LogP contribution in [0.25, 0.3) is 0 Å². The number of anilines is 1. The average Bonchev–Trinajstić information content (AvgIpc) is 2.75. The van der Waals surface area contributed by atoms with Gasteiger partial charge in [-0.3, -0.25) is 10.1 Å². The fourth-order valence-electron chi connectivity index (χ4n) is 0.947. The molecule has 1 N–H and O–H groups in total. The second kappa shape index (κ2) is 4.11. The molecule has 0 aliphatic rings. The van der Waals surface area contributed by atoms with E-state index in [1.54, 1.807) is 19.2 Å². The number of aryl methyl sites for hydroxylation is 1. The smallest absolute Gasteiger partial charge is 0.279 e. The number of hydrogen-bond acceptors (Lipinski definition) is 5. The Hall–Kier alpha value is -1.21. The third-order valence-electron chi connectivity index (χ3n) is 1.56. The molecular weight excluding hydrogens is 282 g/mol. The molecule has 0 spiro atoms. The monoisotopic (exact) mass is 287 g/mol. The van der Waals surface area contributed by atoms with Gasteiger partial charge < -0.3 is 4.52 Å². The van der Waals surface area contributed by atoms with Gasteiger partial charge in [0.1, 0.15) is 5.76 Å². The first-order valence-electron chi connectivity index (χ1n) is 4.01. The normalized spacial score (nSPS) is 10.3. The summed E-state index contributed by atoms with van der Waals surface area (Å²) < 4.78 is 5.65. The summed E-state index contributed by atoms with van der Waals surface area (Å²) in [6.45, 7) is 1.73. The van der Waals surface area contributed by atoms with Crippen LogP contribution in [0.5, 0.6) is 0 Å². The van der Waals surface area contributed by atoms with Crippen molar-refractivity contribution in [3.63, 3.8) is 0 Å². The molecule has 5 nitrogen and oxygen atoms in total. The Morgan fingerprint density at radius 1 is 1.67 bits per heavy atom. The Morgan fingerprint density at radius 3 is 3.00 bits per heavy atom. The van der Waals surface area contributed by atoms with Crippen molar-refractivity contribution < 1.29 is 9.32 Å². The number of carbonyl (C=O) groups is 1. The maximum atomic E-state index is 11.6. The number of rotatable bonds is 2. The Morgan fingerprint density at radius 2 is 2.47 bits per heavy atom. The van der Waals surface area contributed by atoms with Gasteiger partial charge in [-0.1, -0.05) is 16.5 Å². The average molecular weight is 288 g/mol. The summed E-state index contributed by atoms with van der Waals surface area (Å²) in [5, 5.41) is 6.73. The molecule has 15 heavy (non-hydrogen) atoms. The second-order valence-electron chi connectivity index (χ2n) is 2.75. The van der Waals surface area contributed by atoms with E-state index in [2.05, 4.69) is 31.4 Å². The molecule has 0 atom stereocenters. The van der Waals surface area contributed by atoms with E-state index < -0.39 is 0 Å². The van der Waals surface area contributed by atoms with Crippen molar-refractivity contribution in [1.29, 1.82) is 0 Å².